The molecule has 2 bridgehead atoms. The lowest BCUT2D eigenvalue weighted by atomic mass is 9.86. The number of aromatic nitrogens is 3. The Morgan fingerprint density at radius 3 is 2.47 bits per heavy atom. The van der Waals surface area contributed by atoms with Crippen LogP contribution in [-0.4, -0.2) is 82.0 Å². The number of piperazine rings is 1. The Morgan fingerprint density at radius 2 is 1.85 bits per heavy atom. The summed E-state index contributed by atoms with van der Waals surface area (Å²) in [5, 5.41) is 14.3. The van der Waals surface area contributed by atoms with Crippen molar-refractivity contribution < 1.29 is 37.0 Å². The number of carbonyl (C=O) groups excluding carboxylic acids is 2. The quantitative estimate of drug-likeness (QED) is 0.230. The number of alkyl halides is 3. The summed E-state index contributed by atoms with van der Waals surface area (Å²) in [6, 6.07) is 12.5. The molecule has 2 atom stereocenters. The van der Waals surface area contributed by atoms with E-state index in [0.717, 1.165) is 6.42 Å². The average Bonchev–Trinajstić information content (AvgIpc) is 3.46. The number of hydrogen-bond donors (Lipinski definition) is 0. The zero-order valence-electron chi connectivity index (χ0n) is 25.4. The van der Waals surface area contributed by atoms with Crippen LogP contribution < -0.4 is 14.4 Å². The lowest BCUT2D eigenvalue weighted by molar-refractivity contribution is -0.213. The molecule has 3 aliphatic rings. The van der Waals surface area contributed by atoms with Gasteiger partial charge in [-0.2, -0.15) is 23.5 Å². The summed E-state index contributed by atoms with van der Waals surface area (Å²) >= 11 is 6.24. The molecule has 11 nitrogen and oxygen atoms in total. The van der Waals surface area contributed by atoms with Gasteiger partial charge in [0.25, 0.3) is 5.91 Å². The Bertz CT molecular complexity index is 1890. The highest BCUT2D eigenvalue weighted by molar-refractivity contribution is 6.32. The highest BCUT2D eigenvalue weighted by Crippen LogP contribution is 2.37. The first-order valence-electron chi connectivity index (χ1n) is 14.5. The van der Waals surface area contributed by atoms with Crippen molar-refractivity contribution in [2.24, 2.45) is 0 Å². The monoisotopic (exact) mass is 668 g/mol. The van der Waals surface area contributed by atoms with Crippen LogP contribution in [0.1, 0.15) is 36.2 Å². The number of esters is 1. The summed E-state index contributed by atoms with van der Waals surface area (Å²) in [5.74, 6) is -0.957. The van der Waals surface area contributed by atoms with Gasteiger partial charge in [0.2, 0.25) is 0 Å². The maximum absolute atomic E-state index is 13.3. The minimum absolute atomic E-state index is 0.0155. The number of halogens is 4. The molecule has 7 rings (SSSR count). The molecule has 15 heteroatoms. The van der Waals surface area contributed by atoms with E-state index in [9.17, 15) is 28.0 Å². The number of hydrogen-bond acceptors (Lipinski definition) is 9. The molecule has 3 fully saturated rings. The second-order valence-electron chi connectivity index (χ2n) is 11.9. The van der Waals surface area contributed by atoms with Crippen LogP contribution in [0.4, 0.5) is 19.0 Å². The zero-order valence-corrected chi connectivity index (χ0v) is 26.2. The number of rotatable bonds is 8. The third kappa shape index (κ3) is 6.23. The van der Waals surface area contributed by atoms with E-state index in [1.54, 1.807) is 30.5 Å². The normalized spacial score (nSPS) is 17.6. The molecule has 0 spiro atoms. The van der Waals surface area contributed by atoms with Crippen LogP contribution in [0.25, 0.3) is 16.6 Å². The maximum Gasteiger partial charge on any atom is 0.490 e. The number of methoxy groups -OCH3 is 1. The van der Waals surface area contributed by atoms with Gasteiger partial charge >= 0.3 is 12.1 Å². The fourth-order valence-electron chi connectivity index (χ4n) is 5.88. The first-order chi connectivity index (χ1) is 22.3. The molecule has 244 valence electrons. The molecule has 4 aromatic rings. The van der Waals surface area contributed by atoms with Gasteiger partial charge < -0.3 is 24.0 Å². The third-order valence-electron chi connectivity index (χ3n) is 8.10. The molecule has 0 aliphatic carbocycles. The van der Waals surface area contributed by atoms with Crippen LogP contribution in [0.2, 0.25) is 5.02 Å². The van der Waals surface area contributed by atoms with E-state index in [2.05, 4.69) is 25.8 Å². The van der Waals surface area contributed by atoms with Gasteiger partial charge in [-0.1, -0.05) is 11.6 Å². The summed E-state index contributed by atoms with van der Waals surface area (Å²) in [5.41, 5.74) is 0.889. The number of nitriles is 1. The summed E-state index contributed by atoms with van der Waals surface area (Å²) in [7, 11) is 1.52. The van der Waals surface area contributed by atoms with Crippen LogP contribution in [0.5, 0.6) is 11.5 Å². The van der Waals surface area contributed by atoms with Gasteiger partial charge in [0, 0.05) is 36.0 Å². The number of pyridine rings is 2. The number of benzene rings is 1. The summed E-state index contributed by atoms with van der Waals surface area (Å²) in [4.78, 5) is 33.3. The number of amides is 1. The number of ether oxygens (including phenoxy) is 3. The van der Waals surface area contributed by atoms with E-state index < -0.39 is 17.7 Å². The van der Waals surface area contributed by atoms with Gasteiger partial charge in [-0.05, 0) is 56.7 Å². The van der Waals surface area contributed by atoms with E-state index in [4.69, 9.17) is 21.1 Å². The number of nitrogens with zero attached hydrogens (tertiary/aromatic N) is 6. The van der Waals surface area contributed by atoms with Crippen molar-refractivity contribution in [2.45, 2.75) is 44.1 Å². The van der Waals surface area contributed by atoms with E-state index in [1.807, 2.05) is 17.0 Å². The predicted octanol–water partition coefficient (Wildman–Crippen LogP) is 5.30. The second-order valence-corrected chi connectivity index (χ2v) is 12.3. The Hall–Kier alpha value is -5.03. The Balaban J connectivity index is 1.18. The number of piperidine rings is 1. The standard InChI is InChI=1S/C32H28ClF3N6O5/c1-31(2,47-30(44)32(34,35)36)17-46-23-10-24(28-20(11-37)13-39-41(28)16-23)19-5-7-27(38-12-19)40-14-21-9-22(15-40)42(21)29(43)18-4-6-26(45-3)25(33)8-18/h4-8,10,12-13,16,21-22H,9,14-15,17H2,1-3H3. The van der Waals surface area contributed by atoms with Crippen molar-refractivity contribution in [2.75, 3.05) is 31.7 Å². The average molecular weight is 669 g/mol. The Labute approximate surface area is 272 Å². The smallest absolute Gasteiger partial charge is 0.490 e. The molecular weight excluding hydrogens is 641 g/mol. The van der Waals surface area contributed by atoms with E-state index in [-0.39, 0.29) is 30.3 Å². The Kier molecular flexibility index (Phi) is 8.13. The van der Waals surface area contributed by atoms with Gasteiger partial charge in [0.1, 0.15) is 35.6 Å². The Morgan fingerprint density at radius 1 is 1.11 bits per heavy atom. The molecule has 3 aromatic heterocycles. The van der Waals surface area contributed by atoms with Gasteiger partial charge in [-0.3, -0.25) is 4.79 Å². The number of anilines is 1. The molecule has 47 heavy (non-hydrogen) atoms. The zero-order chi connectivity index (χ0) is 33.7. The van der Waals surface area contributed by atoms with Crippen LogP contribution in [0, 0.1) is 11.3 Å². The maximum atomic E-state index is 13.3. The molecule has 0 saturated carbocycles. The van der Waals surface area contributed by atoms with Crippen molar-refractivity contribution in [1.82, 2.24) is 19.5 Å². The van der Waals surface area contributed by atoms with Crippen molar-refractivity contribution in [3.63, 3.8) is 0 Å². The fourth-order valence-corrected chi connectivity index (χ4v) is 6.14. The first-order valence-corrected chi connectivity index (χ1v) is 14.9. The largest absolute Gasteiger partial charge is 0.495 e. The fraction of sp³-hybridized carbons (Fsp3) is 0.344. The lowest BCUT2D eigenvalue weighted by Crippen LogP contribution is -2.70. The van der Waals surface area contributed by atoms with Crippen molar-refractivity contribution in [3.8, 4) is 28.7 Å². The SMILES string of the molecule is COc1ccc(C(=O)N2C3CC2CN(c2ccc(-c4cc(OCC(C)(C)OC(=O)C(F)(F)F)cn5ncc(C#N)c45)cn2)C3)cc1Cl. The van der Waals surface area contributed by atoms with Gasteiger partial charge in [-0.25, -0.2) is 14.3 Å². The van der Waals surface area contributed by atoms with Crippen molar-refractivity contribution in [3.05, 3.63) is 71.1 Å². The molecule has 1 aromatic carbocycles. The van der Waals surface area contributed by atoms with Crippen LogP contribution in [0.3, 0.4) is 0 Å². The van der Waals surface area contributed by atoms with Gasteiger partial charge in [0.15, 0.2) is 0 Å². The second kappa shape index (κ2) is 12.0. The first kappa shape index (κ1) is 31.9. The molecule has 3 aliphatic heterocycles. The summed E-state index contributed by atoms with van der Waals surface area (Å²) in [6.07, 6.45) is 0.282. The third-order valence-corrected chi connectivity index (χ3v) is 8.40. The van der Waals surface area contributed by atoms with Crippen LogP contribution >= 0.6 is 11.6 Å². The summed E-state index contributed by atoms with van der Waals surface area (Å²) < 4.78 is 55.1. The van der Waals surface area contributed by atoms with Crippen molar-refractivity contribution >= 4 is 34.8 Å². The molecule has 6 heterocycles. The van der Waals surface area contributed by atoms with Crippen LogP contribution in [-0.2, 0) is 9.53 Å². The van der Waals surface area contributed by atoms with Gasteiger partial charge in [0.05, 0.1) is 47.7 Å². The van der Waals surface area contributed by atoms with Crippen LogP contribution in [0.15, 0.2) is 55.0 Å². The van der Waals surface area contributed by atoms with Crippen molar-refractivity contribution in [1.29, 1.82) is 5.26 Å². The van der Waals surface area contributed by atoms with E-state index >= 15 is 0 Å². The highest BCUT2D eigenvalue weighted by Gasteiger charge is 2.48. The molecule has 0 N–H and O–H groups in total. The summed E-state index contributed by atoms with van der Waals surface area (Å²) in [6.45, 7) is 3.42. The lowest BCUT2D eigenvalue weighted by Gasteiger charge is -2.56. The predicted molar refractivity (Wildman–Crippen MR) is 163 cm³/mol. The molecule has 2 unspecified atom stereocenters. The molecule has 1 amide bonds. The molecule has 3 saturated heterocycles. The number of fused-ring (bicyclic) bond motifs is 3. The highest BCUT2D eigenvalue weighted by atomic mass is 35.5. The van der Waals surface area contributed by atoms with E-state index in [0.29, 0.717) is 57.5 Å². The molecular formula is C32H28ClF3N6O5. The minimum atomic E-state index is -5.14. The topological polar surface area (TPSA) is 122 Å². The molecule has 0 radical (unpaired) electrons. The minimum Gasteiger partial charge on any atom is -0.495 e. The van der Waals surface area contributed by atoms with Gasteiger partial charge in [-0.15, -0.1) is 0 Å². The van der Waals surface area contributed by atoms with E-state index in [1.165, 1.54) is 37.9 Å². The number of carbonyl (C=O) groups is 2.